The number of aromatic amines is 1. The number of aliphatic carboxylic acids is 1. The van der Waals surface area contributed by atoms with Gasteiger partial charge in [-0.25, -0.2) is 13.4 Å². The standard InChI is InChI=1S/C15H13N3O4S/c19-14(20)9-18-23(21,22)13-3-1-2-10(7-13)12-6-11-4-5-16-15(11)17-8-12/h1-8,18H,9H2,(H,16,17)(H,19,20). The number of hydrogen-bond acceptors (Lipinski definition) is 4. The zero-order valence-electron chi connectivity index (χ0n) is 11.9. The summed E-state index contributed by atoms with van der Waals surface area (Å²) in [4.78, 5) is 17.8. The molecular weight excluding hydrogens is 318 g/mol. The van der Waals surface area contributed by atoms with Crippen LogP contribution >= 0.6 is 0 Å². The average molecular weight is 331 g/mol. The van der Waals surface area contributed by atoms with Gasteiger partial charge in [0.15, 0.2) is 0 Å². The van der Waals surface area contributed by atoms with E-state index in [4.69, 9.17) is 5.11 Å². The molecule has 0 saturated carbocycles. The van der Waals surface area contributed by atoms with Gasteiger partial charge in [-0.1, -0.05) is 12.1 Å². The molecule has 23 heavy (non-hydrogen) atoms. The summed E-state index contributed by atoms with van der Waals surface area (Å²) in [6.07, 6.45) is 3.42. The fraction of sp³-hybridized carbons (Fsp3) is 0.0667. The summed E-state index contributed by atoms with van der Waals surface area (Å²) >= 11 is 0. The highest BCUT2D eigenvalue weighted by molar-refractivity contribution is 7.89. The molecular formula is C15H13N3O4S. The van der Waals surface area contributed by atoms with Gasteiger partial charge in [-0.2, -0.15) is 4.72 Å². The highest BCUT2D eigenvalue weighted by Crippen LogP contribution is 2.24. The Kier molecular flexibility index (Phi) is 3.85. The Labute approximate surface area is 132 Å². The molecule has 0 bridgehead atoms. The Morgan fingerprint density at radius 3 is 2.83 bits per heavy atom. The lowest BCUT2D eigenvalue weighted by atomic mass is 10.1. The largest absolute Gasteiger partial charge is 0.480 e. The van der Waals surface area contributed by atoms with Crippen molar-refractivity contribution in [3.05, 3.63) is 48.8 Å². The third kappa shape index (κ3) is 3.22. The van der Waals surface area contributed by atoms with E-state index in [1.807, 2.05) is 16.9 Å². The first-order valence-corrected chi connectivity index (χ1v) is 8.19. The van der Waals surface area contributed by atoms with Crippen molar-refractivity contribution in [1.82, 2.24) is 14.7 Å². The van der Waals surface area contributed by atoms with Crippen LogP contribution in [0.25, 0.3) is 22.2 Å². The van der Waals surface area contributed by atoms with Crippen LogP contribution in [0.15, 0.2) is 53.7 Å². The summed E-state index contributed by atoms with van der Waals surface area (Å²) < 4.78 is 26.2. The maximum Gasteiger partial charge on any atom is 0.318 e. The second-order valence-corrected chi connectivity index (χ2v) is 6.65. The first-order chi connectivity index (χ1) is 11.0. The highest BCUT2D eigenvalue weighted by atomic mass is 32.2. The molecule has 0 saturated heterocycles. The first kappa shape index (κ1) is 15.2. The number of aromatic nitrogens is 2. The number of carboxylic acids is 1. The summed E-state index contributed by atoms with van der Waals surface area (Å²) in [6.45, 7) is -0.663. The van der Waals surface area contributed by atoms with Crippen LogP contribution in [0.3, 0.4) is 0 Å². The molecule has 7 nitrogen and oxygen atoms in total. The number of hydrogen-bond donors (Lipinski definition) is 3. The quantitative estimate of drug-likeness (QED) is 0.657. The van der Waals surface area contributed by atoms with E-state index in [1.165, 1.54) is 12.1 Å². The molecule has 0 unspecified atom stereocenters. The Balaban J connectivity index is 1.97. The number of pyridine rings is 1. The molecule has 0 spiro atoms. The van der Waals surface area contributed by atoms with Crippen molar-refractivity contribution < 1.29 is 18.3 Å². The Morgan fingerprint density at radius 2 is 2.04 bits per heavy atom. The summed E-state index contributed by atoms with van der Waals surface area (Å²) in [5, 5.41) is 9.51. The molecule has 0 aliphatic rings. The van der Waals surface area contributed by atoms with Crippen LogP contribution in [-0.4, -0.2) is 36.0 Å². The number of H-pyrrole nitrogens is 1. The number of nitrogens with one attached hydrogen (secondary N) is 2. The minimum absolute atomic E-state index is 0.00501. The number of carboxylic acid groups (broad SMARTS) is 1. The zero-order chi connectivity index (χ0) is 16.4. The molecule has 0 radical (unpaired) electrons. The number of carbonyl (C=O) groups is 1. The second-order valence-electron chi connectivity index (χ2n) is 4.89. The highest BCUT2D eigenvalue weighted by Gasteiger charge is 2.16. The molecule has 1 aromatic carbocycles. The Bertz CT molecular complexity index is 979. The van der Waals surface area contributed by atoms with Gasteiger partial charge in [-0.05, 0) is 29.8 Å². The van der Waals surface area contributed by atoms with E-state index in [0.29, 0.717) is 5.56 Å². The third-order valence-corrected chi connectivity index (χ3v) is 4.69. The fourth-order valence-corrected chi connectivity index (χ4v) is 3.20. The van der Waals surface area contributed by atoms with Gasteiger partial charge in [-0.15, -0.1) is 0 Å². The van der Waals surface area contributed by atoms with Gasteiger partial charge in [0.25, 0.3) is 0 Å². The molecule has 2 aromatic heterocycles. The number of benzene rings is 1. The minimum atomic E-state index is -3.87. The van der Waals surface area contributed by atoms with Gasteiger partial charge in [0, 0.05) is 23.3 Å². The van der Waals surface area contributed by atoms with Crippen LogP contribution in [0.2, 0.25) is 0 Å². The van der Waals surface area contributed by atoms with Crippen molar-refractivity contribution in [1.29, 1.82) is 0 Å². The zero-order valence-corrected chi connectivity index (χ0v) is 12.7. The summed E-state index contributed by atoms with van der Waals surface area (Å²) in [5.74, 6) is -1.24. The van der Waals surface area contributed by atoms with Crippen molar-refractivity contribution in [2.75, 3.05) is 6.54 Å². The van der Waals surface area contributed by atoms with E-state index in [9.17, 15) is 13.2 Å². The molecule has 3 N–H and O–H groups in total. The Morgan fingerprint density at radius 1 is 1.22 bits per heavy atom. The number of rotatable bonds is 5. The SMILES string of the molecule is O=C(O)CNS(=O)(=O)c1cccc(-c2cnc3[nH]ccc3c2)c1. The molecule has 3 rings (SSSR count). The van der Waals surface area contributed by atoms with Crippen molar-refractivity contribution >= 4 is 27.0 Å². The van der Waals surface area contributed by atoms with Crippen LogP contribution in [0.1, 0.15) is 0 Å². The molecule has 0 amide bonds. The first-order valence-electron chi connectivity index (χ1n) is 6.71. The number of nitrogens with zero attached hydrogens (tertiary/aromatic N) is 1. The minimum Gasteiger partial charge on any atom is -0.480 e. The van der Waals surface area contributed by atoms with Crippen LogP contribution < -0.4 is 4.72 Å². The molecule has 0 aliphatic carbocycles. The van der Waals surface area contributed by atoms with Crippen molar-refractivity contribution in [2.45, 2.75) is 4.90 Å². The maximum atomic E-state index is 12.1. The van der Waals surface area contributed by atoms with Crippen molar-refractivity contribution in [3.63, 3.8) is 0 Å². The van der Waals surface area contributed by atoms with E-state index >= 15 is 0 Å². The van der Waals surface area contributed by atoms with Crippen LogP contribution in [0.4, 0.5) is 0 Å². The van der Waals surface area contributed by atoms with E-state index in [0.717, 1.165) is 16.6 Å². The third-order valence-electron chi connectivity index (χ3n) is 3.29. The van der Waals surface area contributed by atoms with E-state index < -0.39 is 22.5 Å². The van der Waals surface area contributed by atoms with E-state index in [-0.39, 0.29) is 4.90 Å². The van der Waals surface area contributed by atoms with Gasteiger partial charge >= 0.3 is 5.97 Å². The van der Waals surface area contributed by atoms with Gasteiger partial charge in [0.05, 0.1) is 4.90 Å². The van der Waals surface area contributed by atoms with Gasteiger partial charge in [-0.3, -0.25) is 4.79 Å². The second kappa shape index (κ2) is 5.82. The van der Waals surface area contributed by atoms with E-state index in [2.05, 4.69) is 9.97 Å². The van der Waals surface area contributed by atoms with E-state index in [1.54, 1.807) is 24.5 Å². The lowest BCUT2D eigenvalue weighted by molar-refractivity contribution is -0.135. The smallest absolute Gasteiger partial charge is 0.318 e. The summed E-state index contributed by atoms with van der Waals surface area (Å²) in [5.41, 5.74) is 2.20. The van der Waals surface area contributed by atoms with Gasteiger partial charge < -0.3 is 10.1 Å². The predicted molar refractivity (Wildman–Crippen MR) is 84.4 cm³/mol. The van der Waals surface area contributed by atoms with Crippen LogP contribution in [0, 0.1) is 0 Å². The lowest BCUT2D eigenvalue weighted by Crippen LogP contribution is -2.29. The molecule has 3 aromatic rings. The number of sulfonamides is 1. The van der Waals surface area contributed by atoms with Crippen LogP contribution in [0.5, 0.6) is 0 Å². The molecule has 118 valence electrons. The lowest BCUT2D eigenvalue weighted by Gasteiger charge is -2.07. The van der Waals surface area contributed by atoms with Crippen molar-refractivity contribution in [3.8, 4) is 11.1 Å². The molecule has 0 atom stereocenters. The molecule has 0 aliphatic heterocycles. The molecule has 8 heteroatoms. The summed E-state index contributed by atoms with van der Waals surface area (Å²) in [6, 6.07) is 10.0. The Hall–Kier alpha value is -2.71. The summed E-state index contributed by atoms with van der Waals surface area (Å²) in [7, 11) is -3.87. The maximum absolute atomic E-state index is 12.1. The normalized spacial score (nSPS) is 11.7. The predicted octanol–water partition coefficient (Wildman–Crippen LogP) is 1.59. The molecule has 2 heterocycles. The van der Waals surface area contributed by atoms with Crippen molar-refractivity contribution in [2.24, 2.45) is 0 Å². The molecule has 0 fully saturated rings. The van der Waals surface area contributed by atoms with Crippen LogP contribution in [-0.2, 0) is 14.8 Å². The van der Waals surface area contributed by atoms with Gasteiger partial charge in [0.1, 0.15) is 12.2 Å². The number of fused-ring (bicyclic) bond motifs is 1. The topological polar surface area (TPSA) is 112 Å². The van der Waals surface area contributed by atoms with Gasteiger partial charge in [0.2, 0.25) is 10.0 Å². The monoisotopic (exact) mass is 331 g/mol. The average Bonchev–Trinajstić information content (AvgIpc) is 3.01. The fourth-order valence-electron chi connectivity index (χ4n) is 2.18.